The molecule has 2 heterocycles. The molecule has 0 aromatic rings. The lowest BCUT2D eigenvalue weighted by atomic mass is 9.98. The van der Waals surface area contributed by atoms with Crippen LogP contribution in [0, 0.1) is 0 Å². The quantitative estimate of drug-likeness (QED) is 0.0173. The van der Waals surface area contributed by atoms with Gasteiger partial charge in [0.1, 0.15) is 55.4 Å². The number of aliphatic hydroxyl groups is 7. The Morgan fingerprint density at radius 3 is 1.38 bits per heavy atom. The summed E-state index contributed by atoms with van der Waals surface area (Å²) in [7, 11) is 0. The number of carbonyl (C=O) groups is 2. The van der Waals surface area contributed by atoms with Crippen molar-refractivity contribution in [3.8, 4) is 0 Å². The monoisotopic (exact) mass is 1010 g/mol. The molecular formula is C56H96O15. The average Bonchev–Trinajstić information content (AvgIpc) is 3.36. The average molecular weight is 1010 g/mol. The van der Waals surface area contributed by atoms with Gasteiger partial charge in [-0.2, -0.15) is 0 Å². The van der Waals surface area contributed by atoms with E-state index in [0.29, 0.717) is 19.3 Å². The van der Waals surface area contributed by atoms with Crippen LogP contribution in [0.3, 0.4) is 0 Å². The fraction of sp³-hybridized carbons (Fsp3) is 0.786. The Labute approximate surface area is 426 Å². The van der Waals surface area contributed by atoms with Crippen LogP contribution in [-0.4, -0.2) is 142 Å². The van der Waals surface area contributed by atoms with Crippen molar-refractivity contribution >= 4 is 11.9 Å². The molecule has 2 aliphatic heterocycles. The van der Waals surface area contributed by atoms with Crippen LogP contribution >= 0.6 is 0 Å². The topological polar surface area (TPSA) is 231 Å². The van der Waals surface area contributed by atoms with Crippen molar-refractivity contribution in [2.24, 2.45) is 0 Å². The molecule has 4 unspecified atom stereocenters. The van der Waals surface area contributed by atoms with Crippen LogP contribution in [0.1, 0.15) is 187 Å². The van der Waals surface area contributed by atoms with Gasteiger partial charge in [0.25, 0.3) is 0 Å². The molecule has 0 aromatic carbocycles. The molecule has 0 bridgehead atoms. The zero-order valence-corrected chi connectivity index (χ0v) is 43.4. The standard InChI is InChI=1S/C56H96O15/c1-3-5-7-9-11-13-15-17-19-20-21-22-23-24-25-27-29-31-33-35-37-39-48(59)69-44(41-66-47(58)38-36-34-32-30-28-26-18-16-14-12-10-8-6-4-2)42-67-55-54(65)52(63)50(61)46(71-55)43-68-56-53(64)51(62)49(60)45(40-57)70-56/h16,18-20,22-23,25,27,31,33,44-46,49-57,60-65H,3-15,17,21,24,26,28-30,32,34-43H2,1-2H3/b18-16+,20-19+,23-22+,27-25+,33-31+/t44-,45+,46+,49-,50-,51?,52?,53?,54?,55+,56+/m1/s1. The fourth-order valence-electron chi connectivity index (χ4n) is 8.20. The van der Waals surface area contributed by atoms with E-state index in [1.54, 1.807) is 0 Å². The molecule has 7 N–H and O–H groups in total. The first-order chi connectivity index (χ1) is 34.5. The number of hydrogen-bond donors (Lipinski definition) is 7. The van der Waals surface area contributed by atoms with Crippen LogP contribution in [0.4, 0.5) is 0 Å². The van der Waals surface area contributed by atoms with Gasteiger partial charge in [-0.05, 0) is 77.0 Å². The van der Waals surface area contributed by atoms with E-state index >= 15 is 0 Å². The molecule has 0 aliphatic carbocycles. The molecule has 15 nitrogen and oxygen atoms in total. The molecule has 2 saturated heterocycles. The molecular weight excluding hydrogens is 913 g/mol. The van der Waals surface area contributed by atoms with Crippen molar-refractivity contribution in [1.82, 2.24) is 0 Å². The number of ether oxygens (including phenoxy) is 6. The number of hydrogen-bond acceptors (Lipinski definition) is 15. The van der Waals surface area contributed by atoms with Gasteiger partial charge >= 0.3 is 11.9 Å². The molecule has 0 amide bonds. The Kier molecular flexibility index (Phi) is 38.5. The van der Waals surface area contributed by atoms with Crippen molar-refractivity contribution in [2.45, 2.75) is 255 Å². The zero-order valence-electron chi connectivity index (χ0n) is 43.4. The Morgan fingerprint density at radius 2 is 0.859 bits per heavy atom. The van der Waals surface area contributed by atoms with Gasteiger partial charge in [0, 0.05) is 12.8 Å². The lowest BCUT2D eigenvalue weighted by molar-refractivity contribution is -0.332. The summed E-state index contributed by atoms with van der Waals surface area (Å²) in [5.41, 5.74) is 0. The molecule has 0 spiro atoms. The van der Waals surface area contributed by atoms with Crippen molar-refractivity contribution in [1.29, 1.82) is 0 Å². The molecule has 15 heteroatoms. The number of esters is 2. The predicted octanol–water partition coefficient (Wildman–Crippen LogP) is 8.44. The van der Waals surface area contributed by atoms with Gasteiger partial charge in [0.05, 0.1) is 19.8 Å². The normalized spacial score (nSPS) is 25.6. The van der Waals surface area contributed by atoms with Gasteiger partial charge in [-0.1, -0.05) is 158 Å². The Hall–Kier alpha value is -2.80. The minimum atomic E-state index is -1.78. The summed E-state index contributed by atoms with van der Waals surface area (Å²) >= 11 is 0. The summed E-state index contributed by atoms with van der Waals surface area (Å²) in [6.07, 6.45) is 32.5. The Bertz CT molecular complexity index is 1470. The molecule has 2 rings (SSSR count). The van der Waals surface area contributed by atoms with Gasteiger partial charge < -0.3 is 64.2 Å². The summed E-state index contributed by atoms with van der Waals surface area (Å²) in [6.45, 7) is 2.51. The van der Waals surface area contributed by atoms with Crippen LogP contribution in [-0.2, 0) is 38.0 Å². The molecule has 2 fully saturated rings. The lowest BCUT2D eigenvalue weighted by Crippen LogP contribution is -2.61. The molecule has 0 radical (unpaired) electrons. The van der Waals surface area contributed by atoms with Gasteiger partial charge in [0.2, 0.25) is 0 Å². The van der Waals surface area contributed by atoms with Crippen molar-refractivity contribution < 1.29 is 73.8 Å². The predicted molar refractivity (Wildman–Crippen MR) is 275 cm³/mol. The largest absolute Gasteiger partial charge is 0.462 e. The second kappa shape index (κ2) is 42.5. The van der Waals surface area contributed by atoms with Gasteiger partial charge in [-0.15, -0.1) is 0 Å². The summed E-state index contributed by atoms with van der Waals surface area (Å²) in [6, 6.07) is 0. The Balaban J connectivity index is 1.82. The summed E-state index contributed by atoms with van der Waals surface area (Å²) < 4.78 is 33.5. The molecule has 71 heavy (non-hydrogen) atoms. The van der Waals surface area contributed by atoms with Crippen LogP contribution in [0.25, 0.3) is 0 Å². The van der Waals surface area contributed by atoms with Crippen molar-refractivity contribution in [3.05, 3.63) is 60.8 Å². The highest BCUT2D eigenvalue weighted by Crippen LogP contribution is 2.26. The van der Waals surface area contributed by atoms with Gasteiger partial charge in [0.15, 0.2) is 18.7 Å². The van der Waals surface area contributed by atoms with E-state index in [1.165, 1.54) is 77.0 Å². The number of rotatable bonds is 42. The SMILES string of the molecule is CCCCCCC/C=C/CCCCCCCC(=O)OC[C@H](CO[C@H]1O[C@@H](CO[C@H]2O[C@@H](CO)[C@@H](O)C(O)C2O)[C@@H](O)C(O)C1O)OC(=O)CCC/C=C/C/C=C/C/C=C/C/C=C/CCCCCCCCC. The van der Waals surface area contributed by atoms with E-state index in [9.17, 15) is 45.3 Å². The van der Waals surface area contributed by atoms with E-state index in [-0.39, 0.29) is 19.4 Å². The maximum atomic E-state index is 13.0. The maximum absolute atomic E-state index is 13.0. The van der Waals surface area contributed by atoms with E-state index in [2.05, 4.69) is 62.5 Å². The van der Waals surface area contributed by atoms with Crippen molar-refractivity contribution in [3.63, 3.8) is 0 Å². The second-order valence-electron chi connectivity index (χ2n) is 19.0. The number of allylic oxidation sites excluding steroid dienone is 10. The van der Waals surface area contributed by atoms with Gasteiger partial charge in [-0.25, -0.2) is 0 Å². The third kappa shape index (κ3) is 30.2. The fourth-order valence-corrected chi connectivity index (χ4v) is 8.20. The third-order valence-corrected chi connectivity index (χ3v) is 12.7. The van der Waals surface area contributed by atoms with Crippen LogP contribution in [0.5, 0.6) is 0 Å². The molecule has 0 saturated carbocycles. The summed E-state index contributed by atoms with van der Waals surface area (Å²) in [4.78, 5) is 25.8. The highest BCUT2D eigenvalue weighted by Gasteiger charge is 2.47. The van der Waals surface area contributed by atoms with Crippen LogP contribution in [0.2, 0.25) is 0 Å². The summed E-state index contributed by atoms with van der Waals surface area (Å²) in [5, 5.41) is 72.1. The zero-order chi connectivity index (χ0) is 51.7. The van der Waals surface area contributed by atoms with E-state index in [4.69, 9.17) is 28.4 Å². The molecule has 11 atom stereocenters. The molecule has 2 aliphatic rings. The number of carbonyl (C=O) groups excluding carboxylic acids is 2. The van der Waals surface area contributed by atoms with E-state index < -0.39 is 99.3 Å². The summed E-state index contributed by atoms with van der Waals surface area (Å²) in [5.74, 6) is -1.00. The van der Waals surface area contributed by atoms with Crippen LogP contribution < -0.4 is 0 Å². The third-order valence-electron chi connectivity index (χ3n) is 12.7. The van der Waals surface area contributed by atoms with Gasteiger partial charge in [-0.3, -0.25) is 9.59 Å². The van der Waals surface area contributed by atoms with Crippen LogP contribution in [0.15, 0.2) is 60.8 Å². The lowest BCUT2D eigenvalue weighted by Gasteiger charge is -2.42. The van der Waals surface area contributed by atoms with E-state index in [1.807, 2.05) is 12.2 Å². The first-order valence-electron chi connectivity index (χ1n) is 27.4. The second-order valence-corrected chi connectivity index (χ2v) is 19.0. The number of unbranched alkanes of at least 4 members (excludes halogenated alkanes) is 18. The first-order valence-corrected chi connectivity index (χ1v) is 27.4. The minimum absolute atomic E-state index is 0.0859. The Morgan fingerprint density at radius 1 is 0.451 bits per heavy atom. The molecule has 0 aromatic heterocycles. The van der Waals surface area contributed by atoms with E-state index in [0.717, 1.165) is 64.2 Å². The minimum Gasteiger partial charge on any atom is -0.462 e. The highest BCUT2D eigenvalue weighted by atomic mass is 16.7. The van der Waals surface area contributed by atoms with Crippen molar-refractivity contribution in [2.75, 3.05) is 26.4 Å². The highest BCUT2D eigenvalue weighted by molar-refractivity contribution is 5.70. The maximum Gasteiger partial charge on any atom is 0.306 e. The number of aliphatic hydroxyl groups excluding tert-OH is 7. The first kappa shape index (κ1) is 64.3. The molecule has 410 valence electrons. The smallest absolute Gasteiger partial charge is 0.306 e.